The van der Waals surface area contributed by atoms with E-state index in [0.717, 1.165) is 38.5 Å². The van der Waals surface area contributed by atoms with Crippen molar-refractivity contribution in [2.75, 3.05) is 0 Å². The fraction of sp³-hybridized carbons (Fsp3) is 1.00. The maximum Gasteiger partial charge on any atom is 0.134 e. The summed E-state index contributed by atoms with van der Waals surface area (Å²) in [5, 5.41) is 67.1. The van der Waals surface area contributed by atoms with Crippen LogP contribution in [-0.2, 0) is 0 Å². The van der Waals surface area contributed by atoms with Crippen LogP contribution in [0.2, 0.25) is 0 Å². The first-order valence-electron chi connectivity index (χ1n) is 9.48. The maximum absolute atomic E-state index is 11.3. The molecule has 5 saturated carbocycles. The lowest BCUT2D eigenvalue weighted by Crippen LogP contribution is -2.63. The molecule has 0 amide bonds. The fourth-order valence-electron chi connectivity index (χ4n) is 7.74. The minimum atomic E-state index is -1.94. The van der Waals surface area contributed by atoms with E-state index >= 15 is 0 Å². The molecule has 0 saturated heterocycles. The van der Waals surface area contributed by atoms with E-state index < -0.39 is 45.4 Å². The number of hydrogen-bond donors (Lipinski definition) is 6. The Kier molecular flexibility index (Phi) is 2.68. The van der Waals surface area contributed by atoms with E-state index in [9.17, 15) is 30.6 Å². The van der Waals surface area contributed by atoms with Crippen LogP contribution in [0, 0.1) is 10.8 Å². The van der Waals surface area contributed by atoms with Crippen LogP contribution in [0.3, 0.4) is 0 Å². The summed E-state index contributed by atoms with van der Waals surface area (Å²) < 4.78 is 0. The Morgan fingerprint density at radius 2 is 0.708 bits per heavy atom. The lowest BCUT2D eigenvalue weighted by molar-refractivity contribution is -0.223. The maximum atomic E-state index is 11.3. The van der Waals surface area contributed by atoms with Crippen LogP contribution in [0.15, 0.2) is 0 Å². The van der Waals surface area contributed by atoms with E-state index in [0.29, 0.717) is 25.7 Å². The molecule has 0 aromatic carbocycles. The minimum Gasteiger partial charge on any atom is -0.387 e. The van der Waals surface area contributed by atoms with Crippen molar-refractivity contribution in [3.8, 4) is 0 Å². The van der Waals surface area contributed by atoms with Gasteiger partial charge >= 0.3 is 0 Å². The van der Waals surface area contributed by atoms with Crippen molar-refractivity contribution in [3.63, 3.8) is 0 Å². The van der Waals surface area contributed by atoms with Crippen molar-refractivity contribution in [1.82, 2.24) is 0 Å². The molecular formula is C18H28O6. The average Bonchev–Trinajstić information content (AvgIpc) is 3.23. The third kappa shape index (κ3) is 1.07. The molecule has 5 fully saturated rings. The van der Waals surface area contributed by atoms with Gasteiger partial charge in [0.1, 0.15) is 34.6 Å². The molecular weight excluding hydrogens is 312 g/mol. The van der Waals surface area contributed by atoms with Crippen LogP contribution in [0.1, 0.15) is 64.2 Å². The summed E-state index contributed by atoms with van der Waals surface area (Å²) in [4.78, 5) is 0. The molecule has 5 aliphatic rings. The Bertz CT molecular complexity index is 508. The molecule has 5 aliphatic carbocycles. The molecule has 0 heterocycles. The summed E-state index contributed by atoms with van der Waals surface area (Å²) in [7, 11) is 0. The molecule has 0 radical (unpaired) electrons. The van der Waals surface area contributed by atoms with Gasteiger partial charge in [-0.15, -0.1) is 0 Å². The van der Waals surface area contributed by atoms with E-state index in [1.165, 1.54) is 0 Å². The highest BCUT2D eigenvalue weighted by Crippen LogP contribution is 2.87. The third-order valence-corrected chi connectivity index (χ3v) is 8.95. The zero-order valence-electron chi connectivity index (χ0n) is 13.9. The SMILES string of the molecule is O[C@H]1[C@@]2(O)C3(CCCCC3)[C@]2(O)[C@H](O)[C@]2(O)C3(CCCCC3)[C@]12O. The predicted octanol–water partition coefficient (Wildman–Crippen LogP) is -0.426. The zero-order valence-corrected chi connectivity index (χ0v) is 13.9. The number of aliphatic hydroxyl groups is 6. The van der Waals surface area contributed by atoms with Crippen LogP contribution >= 0.6 is 0 Å². The molecule has 6 atom stereocenters. The van der Waals surface area contributed by atoms with Crippen molar-refractivity contribution in [2.24, 2.45) is 10.8 Å². The molecule has 6 nitrogen and oxygen atoms in total. The summed E-state index contributed by atoms with van der Waals surface area (Å²) >= 11 is 0. The number of aliphatic hydroxyl groups excluding tert-OH is 2. The Hall–Kier alpha value is -0.240. The molecule has 0 bridgehead atoms. The predicted molar refractivity (Wildman–Crippen MR) is 82.8 cm³/mol. The van der Waals surface area contributed by atoms with E-state index in [1.807, 2.05) is 0 Å². The van der Waals surface area contributed by atoms with E-state index in [2.05, 4.69) is 0 Å². The molecule has 5 rings (SSSR count). The summed E-state index contributed by atoms with van der Waals surface area (Å²) in [6, 6.07) is 0. The second-order valence-corrected chi connectivity index (χ2v) is 9.16. The quantitative estimate of drug-likeness (QED) is 0.356. The Labute approximate surface area is 141 Å². The first kappa shape index (κ1) is 16.0. The monoisotopic (exact) mass is 340 g/mol. The molecule has 6 heteroatoms. The molecule has 0 unspecified atom stereocenters. The van der Waals surface area contributed by atoms with Crippen molar-refractivity contribution >= 4 is 0 Å². The van der Waals surface area contributed by atoms with Crippen LogP contribution in [0.4, 0.5) is 0 Å². The first-order chi connectivity index (χ1) is 11.2. The van der Waals surface area contributed by atoms with Gasteiger partial charge in [-0.2, -0.15) is 0 Å². The van der Waals surface area contributed by atoms with Gasteiger partial charge in [-0.05, 0) is 25.7 Å². The van der Waals surface area contributed by atoms with Gasteiger partial charge in [-0.3, -0.25) is 0 Å². The van der Waals surface area contributed by atoms with Gasteiger partial charge in [-0.1, -0.05) is 38.5 Å². The molecule has 6 N–H and O–H groups in total. The Morgan fingerprint density at radius 1 is 0.458 bits per heavy atom. The second kappa shape index (κ2) is 4.02. The Morgan fingerprint density at radius 3 is 0.958 bits per heavy atom. The number of rotatable bonds is 0. The lowest BCUT2D eigenvalue weighted by Gasteiger charge is -2.37. The van der Waals surface area contributed by atoms with Crippen molar-refractivity contribution in [3.05, 3.63) is 0 Å². The van der Waals surface area contributed by atoms with Gasteiger partial charge in [-0.25, -0.2) is 0 Å². The summed E-state index contributed by atoms with van der Waals surface area (Å²) in [6.07, 6.45) is 3.85. The highest BCUT2D eigenvalue weighted by atomic mass is 16.5. The van der Waals surface area contributed by atoms with Gasteiger partial charge < -0.3 is 30.6 Å². The van der Waals surface area contributed by atoms with Crippen molar-refractivity contribution < 1.29 is 30.6 Å². The number of hydrogen-bond acceptors (Lipinski definition) is 6. The molecule has 0 aromatic heterocycles. The normalized spacial score (nSPS) is 59.8. The van der Waals surface area contributed by atoms with E-state index in [-0.39, 0.29) is 0 Å². The third-order valence-electron chi connectivity index (χ3n) is 8.95. The smallest absolute Gasteiger partial charge is 0.134 e. The molecule has 2 spiro atoms. The highest BCUT2D eigenvalue weighted by Gasteiger charge is 3.07. The molecule has 24 heavy (non-hydrogen) atoms. The standard InChI is InChI=1S/C18H28O6/c19-11-15(21)13(7-3-1-4-8-13)16(15,22)12(20)18(24)14(17(11,18)23)9-5-2-6-10-14/h11-12,19-24H,1-10H2/t11-,12-,15-,16+,17-,18-/m1/s1. The lowest BCUT2D eigenvalue weighted by atomic mass is 9.76. The van der Waals surface area contributed by atoms with Gasteiger partial charge in [0, 0.05) is 10.8 Å². The van der Waals surface area contributed by atoms with Gasteiger partial charge in [0.15, 0.2) is 0 Å². The van der Waals surface area contributed by atoms with Crippen molar-refractivity contribution in [1.29, 1.82) is 0 Å². The molecule has 0 aromatic rings. The van der Waals surface area contributed by atoms with E-state index in [1.54, 1.807) is 0 Å². The van der Waals surface area contributed by atoms with Gasteiger partial charge in [0.2, 0.25) is 0 Å². The molecule has 0 aliphatic heterocycles. The topological polar surface area (TPSA) is 121 Å². The van der Waals surface area contributed by atoms with Crippen LogP contribution in [0.5, 0.6) is 0 Å². The largest absolute Gasteiger partial charge is 0.387 e. The zero-order chi connectivity index (χ0) is 17.2. The summed E-state index contributed by atoms with van der Waals surface area (Å²) in [6.45, 7) is 0. The Balaban J connectivity index is 1.64. The minimum absolute atomic E-state index is 0.493. The average molecular weight is 340 g/mol. The van der Waals surface area contributed by atoms with Crippen LogP contribution in [0.25, 0.3) is 0 Å². The van der Waals surface area contributed by atoms with Gasteiger partial charge in [0.05, 0.1) is 0 Å². The van der Waals surface area contributed by atoms with Crippen molar-refractivity contribution in [2.45, 2.75) is 98.8 Å². The summed E-state index contributed by atoms with van der Waals surface area (Å²) in [5.41, 5.74) is -9.81. The van der Waals surface area contributed by atoms with E-state index in [4.69, 9.17) is 0 Å². The first-order valence-corrected chi connectivity index (χ1v) is 9.48. The second-order valence-electron chi connectivity index (χ2n) is 9.16. The van der Waals surface area contributed by atoms with Crippen LogP contribution < -0.4 is 0 Å². The van der Waals surface area contributed by atoms with Crippen LogP contribution in [-0.4, -0.2) is 65.3 Å². The molecule has 136 valence electrons. The number of fused-ring (bicyclic) bond motifs is 6. The van der Waals surface area contributed by atoms with Gasteiger partial charge in [0.25, 0.3) is 0 Å². The summed E-state index contributed by atoms with van der Waals surface area (Å²) in [5.74, 6) is 0. The highest BCUT2D eigenvalue weighted by molar-refractivity contribution is 5.57. The fourth-order valence-corrected chi connectivity index (χ4v) is 7.74.